The third-order valence-corrected chi connectivity index (χ3v) is 3.01. The highest BCUT2D eigenvalue weighted by atomic mass is 33.1. The SMILES string of the molecule is NCCSSCCO[C]=O. The summed E-state index contributed by atoms with van der Waals surface area (Å²) in [6, 6.07) is 0. The number of ether oxygens (including phenoxy) is 1. The van der Waals surface area contributed by atoms with Gasteiger partial charge in [-0.1, -0.05) is 21.6 Å². The third-order valence-electron chi connectivity index (χ3n) is 0.612. The number of hydrogen-bond acceptors (Lipinski definition) is 5. The summed E-state index contributed by atoms with van der Waals surface area (Å²) in [7, 11) is 3.34. The standard InChI is InChI=1S/C5H10NO2S2/c6-1-3-9-10-4-2-8-5-7/h1-4,6H2. The van der Waals surface area contributed by atoms with Gasteiger partial charge in [0.15, 0.2) is 0 Å². The van der Waals surface area contributed by atoms with Gasteiger partial charge in [-0.15, -0.1) is 0 Å². The monoisotopic (exact) mass is 180 g/mol. The van der Waals surface area contributed by atoms with E-state index in [9.17, 15) is 4.79 Å². The van der Waals surface area contributed by atoms with Crippen LogP contribution >= 0.6 is 21.6 Å². The van der Waals surface area contributed by atoms with Crippen LogP contribution in [-0.4, -0.2) is 31.1 Å². The van der Waals surface area contributed by atoms with Gasteiger partial charge in [0.1, 0.15) is 6.61 Å². The molecule has 0 saturated heterocycles. The van der Waals surface area contributed by atoms with E-state index in [0.717, 1.165) is 11.5 Å². The average Bonchev–Trinajstić information content (AvgIpc) is 1.97. The molecular formula is C5H10NO2S2. The van der Waals surface area contributed by atoms with Crippen LogP contribution in [-0.2, 0) is 9.53 Å². The molecule has 0 aliphatic carbocycles. The van der Waals surface area contributed by atoms with Crippen LogP contribution in [0.5, 0.6) is 0 Å². The lowest BCUT2D eigenvalue weighted by molar-refractivity contribution is 0.299. The van der Waals surface area contributed by atoms with Crippen molar-refractivity contribution in [3.8, 4) is 0 Å². The first-order valence-corrected chi connectivity index (χ1v) is 5.34. The summed E-state index contributed by atoms with van der Waals surface area (Å²) in [5, 5.41) is 0. The molecule has 0 aliphatic rings. The molecule has 0 saturated carbocycles. The van der Waals surface area contributed by atoms with E-state index in [-0.39, 0.29) is 0 Å². The van der Waals surface area contributed by atoms with Crippen molar-refractivity contribution in [1.82, 2.24) is 0 Å². The minimum Gasteiger partial charge on any atom is -0.456 e. The van der Waals surface area contributed by atoms with Gasteiger partial charge in [-0.05, 0) is 0 Å². The van der Waals surface area contributed by atoms with Crippen molar-refractivity contribution in [1.29, 1.82) is 0 Å². The summed E-state index contributed by atoms with van der Waals surface area (Å²) in [4.78, 5) is 9.51. The Morgan fingerprint density at radius 3 is 2.70 bits per heavy atom. The molecule has 0 spiro atoms. The van der Waals surface area contributed by atoms with Gasteiger partial charge in [0.05, 0.1) is 0 Å². The van der Waals surface area contributed by atoms with Gasteiger partial charge in [-0.2, -0.15) is 0 Å². The Balaban J connectivity index is 2.70. The van der Waals surface area contributed by atoms with E-state index in [0.29, 0.717) is 13.2 Å². The largest absolute Gasteiger partial charge is 0.456 e. The molecule has 3 nitrogen and oxygen atoms in total. The zero-order valence-corrected chi connectivity index (χ0v) is 7.17. The van der Waals surface area contributed by atoms with Crippen LogP contribution in [0.1, 0.15) is 0 Å². The second-order valence-corrected chi connectivity index (χ2v) is 4.07. The molecule has 0 atom stereocenters. The van der Waals surface area contributed by atoms with Gasteiger partial charge in [0.25, 0.3) is 0 Å². The zero-order chi connectivity index (χ0) is 7.66. The summed E-state index contributed by atoms with van der Waals surface area (Å²) in [6.07, 6.45) is 0. The molecule has 0 aromatic heterocycles. The Kier molecular flexibility index (Phi) is 9.25. The van der Waals surface area contributed by atoms with Crippen molar-refractivity contribution in [2.75, 3.05) is 24.7 Å². The van der Waals surface area contributed by atoms with Gasteiger partial charge in [-0.3, -0.25) is 0 Å². The highest BCUT2D eigenvalue weighted by Crippen LogP contribution is 2.19. The fourth-order valence-corrected chi connectivity index (χ4v) is 1.97. The van der Waals surface area contributed by atoms with Crippen LogP contribution in [0.15, 0.2) is 0 Å². The average molecular weight is 180 g/mol. The molecule has 0 unspecified atom stereocenters. The topological polar surface area (TPSA) is 52.3 Å². The summed E-state index contributed by atoms with van der Waals surface area (Å²) in [5.74, 6) is 1.75. The second kappa shape index (κ2) is 9.13. The third kappa shape index (κ3) is 8.13. The summed E-state index contributed by atoms with van der Waals surface area (Å²) in [5.41, 5.74) is 5.24. The summed E-state index contributed by atoms with van der Waals surface area (Å²) < 4.78 is 4.34. The van der Waals surface area contributed by atoms with Crippen LogP contribution in [0.3, 0.4) is 0 Å². The Morgan fingerprint density at radius 1 is 1.40 bits per heavy atom. The van der Waals surface area contributed by atoms with E-state index < -0.39 is 0 Å². The van der Waals surface area contributed by atoms with Gasteiger partial charge >= 0.3 is 6.47 Å². The fourth-order valence-electron chi connectivity index (χ4n) is 0.283. The van der Waals surface area contributed by atoms with Crippen molar-refractivity contribution < 1.29 is 9.53 Å². The molecule has 0 bridgehead atoms. The smallest absolute Gasteiger partial charge is 0.417 e. The van der Waals surface area contributed by atoms with Crippen molar-refractivity contribution >= 4 is 28.1 Å². The summed E-state index contributed by atoms with van der Waals surface area (Å²) in [6.45, 7) is 2.49. The number of rotatable bonds is 7. The quantitative estimate of drug-likeness (QED) is 0.454. The molecular weight excluding hydrogens is 170 g/mol. The highest BCUT2D eigenvalue weighted by molar-refractivity contribution is 8.76. The Labute approximate surface area is 68.5 Å². The van der Waals surface area contributed by atoms with E-state index in [1.807, 2.05) is 0 Å². The first-order valence-electron chi connectivity index (χ1n) is 2.85. The van der Waals surface area contributed by atoms with Crippen molar-refractivity contribution in [2.45, 2.75) is 0 Å². The first-order chi connectivity index (χ1) is 4.91. The van der Waals surface area contributed by atoms with E-state index in [4.69, 9.17) is 5.73 Å². The number of nitrogens with two attached hydrogens (primary N) is 1. The Morgan fingerprint density at radius 2 is 2.10 bits per heavy atom. The Hall–Kier alpha value is 0.130. The fraction of sp³-hybridized carbons (Fsp3) is 0.800. The van der Waals surface area contributed by atoms with Crippen molar-refractivity contribution in [3.63, 3.8) is 0 Å². The van der Waals surface area contributed by atoms with Crippen molar-refractivity contribution in [3.05, 3.63) is 0 Å². The maximum Gasteiger partial charge on any atom is 0.417 e. The molecule has 0 rings (SSSR count). The maximum absolute atomic E-state index is 9.51. The summed E-state index contributed by atoms with van der Waals surface area (Å²) >= 11 is 0. The molecule has 5 heteroatoms. The molecule has 1 radical (unpaired) electrons. The van der Waals surface area contributed by atoms with Crippen LogP contribution < -0.4 is 5.73 Å². The zero-order valence-electron chi connectivity index (χ0n) is 5.54. The lowest BCUT2D eigenvalue weighted by Gasteiger charge is -1.96. The molecule has 0 amide bonds. The minimum atomic E-state index is 0.436. The van der Waals surface area contributed by atoms with E-state index >= 15 is 0 Å². The molecule has 10 heavy (non-hydrogen) atoms. The van der Waals surface area contributed by atoms with Gasteiger partial charge in [0, 0.05) is 18.1 Å². The number of hydrogen-bond donors (Lipinski definition) is 1. The first kappa shape index (κ1) is 10.1. The lowest BCUT2D eigenvalue weighted by Crippen LogP contribution is -2.00. The molecule has 0 aromatic carbocycles. The molecule has 2 N–H and O–H groups in total. The molecule has 0 aliphatic heterocycles. The lowest BCUT2D eigenvalue weighted by atomic mass is 10.8. The van der Waals surface area contributed by atoms with Crippen LogP contribution in [0.4, 0.5) is 0 Å². The second-order valence-electron chi connectivity index (χ2n) is 1.36. The van der Waals surface area contributed by atoms with Gasteiger partial charge < -0.3 is 10.5 Å². The molecule has 0 heterocycles. The minimum absolute atomic E-state index is 0.436. The molecule has 0 fully saturated rings. The van der Waals surface area contributed by atoms with Gasteiger partial charge in [0.2, 0.25) is 0 Å². The number of carbonyl (C=O) groups excluding carboxylic acids is 1. The van der Waals surface area contributed by atoms with Crippen LogP contribution in [0.25, 0.3) is 0 Å². The van der Waals surface area contributed by atoms with Crippen LogP contribution in [0.2, 0.25) is 0 Å². The predicted molar refractivity (Wildman–Crippen MR) is 45.6 cm³/mol. The molecule has 59 valence electrons. The van der Waals surface area contributed by atoms with Crippen LogP contribution in [0, 0.1) is 0 Å². The molecule has 0 aromatic rings. The normalized spacial score (nSPS) is 9.30. The van der Waals surface area contributed by atoms with Gasteiger partial charge in [-0.25, -0.2) is 4.79 Å². The highest BCUT2D eigenvalue weighted by Gasteiger charge is 1.88. The predicted octanol–water partition coefficient (Wildman–Crippen LogP) is 0.410. The maximum atomic E-state index is 9.51. The van der Waals surface area contributed by atoms with Crippen molar-refractivity contribution in [2.24, 2.45) is 5.73 Å². The van der Waals surface area contributed by atoms with E-state index in [1.165, 1.54) is 6.47 Å². The Bertz CT molecular complexity index is 82.0. The van der Waals surface area contributed by atoms with E-state index in [1.54, 1.807) is 21.6 Å². The van der Waals surface area contributed by atoms with E-state index in [2.05, 4.69) is 4.74 Å².